The van der Waals surface area contributed by atoms with Crippen LogP contribution in [-0.4, -0.2) is 36.2 Å². The summed E-state index contributed by atoms with van der Waals surface area (Å²) in [5, 5.41) is 0.474. The van der Waals surface area contributed by atoms with Crippen molar-refractivity contribution in [1.82, 2.24) is 0 Å². The van der Waals surface area contributed by atoms with Crippen molar-refractivity contribution in [2.75, 3.05) is 0 Å². The van der Waals surface area contributed by atoms with Gasteiger partial charge in [0.15, 0.2) is 0 Å². The Balaban J connectivity index is 4.15. The Hall–Kier alpha value is 1.79. The first-order valence-electron chi connectivity index (χ1n) is 3.75. The summed E-state index contributed by atoms with van der Waals surface area (Å²) in [6.45, 7) is 8.19. The van der Waals surface area contributed by atoms with E-state index in [1.807, 2.05) is 13.8 Å². The molecule has 0 spiro atoms. The molecule has 0 aliphatic rings. The molecule has 12 heavy (non-hydrogen) atoms. The van der Waals surface area contributed by atoms with Crippen LogP contribution in [0.15, 0.2) is 0 Å². The number of hydrogen-bond acceptors (Lipinski definition) is 4. The summed E-state index contributed by atoms with van der Waals surface area (Å²) in [6.07, 6.45) is 0.162. The van der Waals surface area contributed by atoms with Gasteiger partial charge < -0.3 is 0 Å². The van der Waals surface area contributed by atoms with E-state index < -0.39 is 5.69 Å². The molecule has 0 saturated heterocycles. The summed E-state index contributed by atoms with van der Waals surface area (Å²) >= 11 is 7.68. The van der Waals surface area contributed by atoms with Gasteiger partial charge in [0.1, 0.15) is 0 Å². The van der Waals surface area contributed by atoms with Crippen LogP contribution in [0.25, 0.3) is 0 Å². The van der Waals surface area contributed by atoms with Crippen LogP contribution < -0.4 is 0 Å². The first-order chi connectivity index (χ1) is 5.39. The molecule has 0 aromatic carbocycles. The molecule has 0 heterocycles. The fourth-order valence-electron chi connectivity index (χ4n) is 0.591. The number of hydrogen-bond donors (Lipinski definition) is 0. The molecule has 0 bridgehead atoms. The molecule has 0 amide bonds. The van der Waals surface area contributed by atoms with Crippen molar-refractivity contribution >= 4 is 53.7 Å². The van der Waals surface area contributed by atoms with Gasteiger partial charge in [-0.3, -0.25) is 0 Å². The van der Waals surface area contributed by atoms with Crippen LogP contribution in [0.3, 0.4) is 0 Å². The van der Waals surface area contributed by atoms with Gasteiger partial charge in [-0.1, -0.05) is 0 Å². The summed E-state index contributed by atoms with van der Waals surface area (Å²) < 4.78 is 11.0. The van der Waals surface area contributed by atoms with E-state index in [0.717, 1.165) is 24.8 Å². The molecular weight excluding hydrogens is 314 g/mol. The van der Waals surface area contributed by atoms with E-state index in [0.29, 0.717) is 5.25 Å². The van der Waals surface area contributed by atoms with Gasteiger partial charge in [-0.25, -0.2) is 0 Å². The molecule has 70 valence electrons. The molecule has 0 saturated carbocycles. The molecule has 0 fully saturated rings. The SMILES string of the molecule is CC(C)OP(=S)([O][In])SC(C)C. The maximum atomic E-state index is 5.60. The topological polar surface area (TPSA) is 18.5 Å². The van der Waals surface area contributed by atoms with E-state index in [-0.39, 0.29) is 6.10 Å². The van der Waals surface area contributed by atoms with Gasteiger partial charge in [0.2, 0.25) is 0 Å². The van der Waals surface area contributed by atoms with E-state index >= 15 is 0 Å². The van der Waals surface area contributed by atoms with Crippen LogP contribution in [0.4, 0.5) is 0 Å². The molecular formula is C6H14InO2PS2. The van der Waals surface area contributed by atoms with E-state index in [2.05, 4.69) is 13.8 Å². The molecule has 0 aromatic rings. The Morgan fingerprint density at radius 2 is 1.83 bits per heavy atom. The molecule has 0 N–H and O–H groups in total. The van der Waals surface area contributed by atoms with Crippen LogP contribution in [0.1, 0.15) is 27.7 Å². The summed E-state index contributed by atoms with van der Waals surface area (Å²) in [7, 11) is 0. The molecule has 0 aromatic heterocycles. The van der Waals surface area contributed by atoms with Crippen LogP contribution in [-0.2, 0) is 19.0 Å². The Morgan fingerprint density at radius 3 is 2.08 bits per heavy atom. The van der Waals surface area contributed by atoms with E-state index in [9.17, 15) is 0 Å². The van der Waals surface area contributed by atoms with Crippen molar-refractivity contribution in [3.63, 3.8) is 0 Å². The van der Waals surface area contributed by atoms with Crippen LogP contribution in [0.5, 0.6) is 0 Å². The normalized spacial score (nSPS) is 16.8. The first-order valence-corrected chi connectivity index (χ1v) is 9.22. The molecule has 1 unspecified atom stereocenters. The zero-order valence-corrected chi connectivity index (χ0v) is 13.6. The van der Waals surface area contributed by atoms with Crippen molar-refractivity contribution in [3.05, 3.63) is 0 Å². The predicted octanol–water partition coefficient (Wildman–Crippen LogP) is 2.88. The average Bonchev–Trinajstić information content (AvgIpc) is 1.83. The maximum absolute atomic E-state index is 5.60. The van der Waals surface area contributed by atoms with Gasteiger partial charge in [-0.15, -0.1) is 0 Å². The van der Waals surface area contributed by atoms with E-state index in [1.54, 1.807) is 11.4 Å². The van der Waals surface area contributed by atoms with E-state index in [1.165, 1.54) is 0 Å². The average molecular weight is 328 g/mol. The van der Waals surface area contributed by atoms with Crippen molar-refractivity contribution < 1.29 is 7.17 Å². The van der Waals surface area contributed by atoms with Crippen molar-refractivity contribution in [1.29, 1.82) is 0 Å². The fourth-order valence-corrected chi connectivity index (χ4v) is 7.90. The summed E-state index contributed by atoms with van der Waals surface area (Å²) in [4.78, 5) is 0. The Kier molecular flexibility index (Phi) is 7.25. The zero-order valence-electron chi connectivity index (χ0n) is 7.81. The van der Waals surface area contributed by atoms with Gasteiger partial charge in [0.25, 0.3) is 0 Å². The first kappa shape index (κ1) is 13.8. The predicted molar refractivity (Wildman–Crippen MR) is 60.1 cm³/mol. The van der Waals surface area contributed by atoms with Crippen LogP contribution in [0.2, 0.25) is 0 Å². The minimum absolute atomic E-state index is 0.162. The van der Waals surface area contributed by atoms with Gasteiger partial charge in [0.05, 0.1) is 0 Å². The van der Waals surface area contributed by atoms with Crippen LogP contribution in [0, 0.1) is 0 Å². The molecule has 2 nitrogen and oxygen atoms in total. The molecule has 0 aliphatic heterocycles. The quantitative estimate of drug-likeness (QED) is 0.722. The Morgan fingerprint density at radius 1 is 1.33 bits per heavy atom. The summed E-state index contributed by atoms with van der Waals surface area (Å²) in [5.41, 5.74) is -2.00. The fraction of sp³-hybridized carbons (Fsp3) is 1.00. The Labute approximate surface area is 99.3 Å². The molecule has 1 atom stereocenters. The van der Waals surface area contributed by atoms with Gasteiger partial charge >= 0.3 is 99.9 Å². The third-order valence-corrected chi connectivity index (χ3v) is 11.4. The summed E-state index contributed by atoms with van der Waals surface area (Å²) in [5.74, 6) is 0. The second-order valence-corrected chi connectivity index (χ2v) is 11.3. The molecule has 2 radical (unpaired) electrons. The second kappa shape index (κ2) is 6.31. The molecule has 6 heteroatoms. The van der Waals surface area contributed by atoms with E-state index in [4.69, 9.17) is 19.0 Å². The second-order valence-electron chi connectivity index (χ2n) is 2.86. The molecule has 0 rings (SSSR count). The number of rotatable bonds is 5. The minimum atomic E-state index is -2.00. The van der Waals surface area contributed by atoms with Crippen LogP contribution >= 0.6 is 17.1 Å². The third-order valence-electron chi connectivity index (χ3n) is 0.809. The van der Waals surface area contributed by atoms with Crippen molar-refractivity contribution in [2.24, 2.45) is 0 Å². The van der Waals surface area contributed by atoms with Crippen molar-refractivity contribution in [2.45, 2.75) is 39.0 Å². The Bertz CT molecular complexity index is 161. The zero-order chi connectivity index (χ0) is 9.78. The molecule has 0 aliphatic carbocycles. The van der Waals surface area contributed by atoms with Crippen molar-refractivity contribution in [3.8, 4) is 0 Å². The standard InChI is InChI=1S/C6H15O2PS2.In/c1-5(2)8-9(7,10)11-6(3)4;/h5-6H,1-4H3,(H,7,10);/q;+1/p-1. The van der Waals surface area contributed by atoms with Gasteiger partial charge in [-0.05, 0) is 0 Å². The third kappa shape index (κ3) is 6.28. The summed E-state index contributed by atoms with van der Waals surface area (Å²) in [6, 6.07) is 0. The van der Waals surface area contributed by atoms with Gasteiger partial charge in [-0.2, -0.15) is 0 Å². The monoisotopic (exact) mass is 328 g/mol. The van der Waals surface area contributed by atoms with Gasteiger partial charge in [0, 0.05) is 0 Å².